The molecular weight excluding hydrogens is 388 g/mol. The normalized spacial score (nSPS) is 17.5. The van der Waals surface area contributed by atoms with Crippen molar-refractivity contribution in [1.82, 2.24) is 9.47 Å². The average Bonchev–Trinajstić information content (AvgIpc) is 3.13. The molecule has 0 unspecified atom stereocenters. The SMILES string of the molecule is O=C(O)N1CCC2(CC1)OCc1cc(-c3cc4ccccc4n3C(=O)O)ccc1O2. The van der Waals surface area contributed by atoms with Gasteiger partial charge in [0.1, 0.15) is 5.75 Å². The van der Waals surface area contributed by atoms with Crippen LogP contribution in [0.1, 0.15) is 18.4 Å². The molecule has 0 bridgehead atoms. The number of carbonyl (C=O) groups is 2. The largest absolute Gasteiger partial charge is 0.465 e. The molecule has 0 saturated carbocycles. The van der Waals surface area contributed by atoms with Gasteiger partial charge in [-0.05, 0) is 35.9 Å². The van der Waals surface area contributed by atoms with Crippen LogP contribution in [0.15, 0.2) is 48.5 Å². The minimum atomic E-state index is -1.04. The van der Waals surface area contributed by atoms with E-state index in [9.17, 15) is 14.7 Å². The standard InChI is InChI=1S/C22H20N2O6/c25-20(26)23-9-7-22(8-10-23)29-13-16-11-15(5-6-19(16)30-22)18-12-14-3-1-2-4-17(14)24(18)21(27)28/h1-6,11-12H,7-10,13H2,(H,25,26)(H,27,28). The van der Waals surface area contributed by atoms with Gasteiger partial charge >= 0.3 is 12.2 Å². The quantitative estimate of drug-likeness (QED) is 0.625. The van der Waals surface area contributed by atoms with Crippen LogP contribution in [-0.4, -0.2) is 50.7 Å². The number of benzene rings is 2. The summed E-state index contributed by atoms with van der Waals surface area (Å²) >= 11 is 0. The lowest BCUT2D eigenvalue weighted by molar-refractivity contribution is -0.225. The fraction of sp³-hybridized carbons (Fsp3) is 0.273. The molecule has 0 atom stereocenters. The second-order valence-electron chi connectivity index (χ2n) is 7.60. The van der Waals surface area contributed by atoms with Gasteiger partial charge in [0.2, 0.25) is 5.79 Å². The predicted octanol–water partition coefficient (Wildman–Crippen LogP) is 4.21. The molecule has 8 heteroatoms. The van der Waals surface area contributed by atoms with Gasteiger partial charge in [0.15, 0.2) is 0 Å². The minimum Gasteiger partial charge on any atom is -0.465 e. The number of para-hydroxylation sites is 1. The number of amides is 1. The molecule has 3 heterocycles. The monoisotopic (exact) mass is 408 g/mol. The smallest absolute Gasteiger partial charge is 0.416 e. The summed E-state index contributed by atoms with van der Waals surface area (Å²) in [7, 11) is 0. The van der Waals surface area contributed by atoms with Crippen molar-refractivity contribution < 1.29 is 29.3 Å². The molecule has 1 aromatic heterocycles. The van der Waals surface area contributed by atoms with E-state index in [1.54, 1.807) is 6.07 Å². The van der Waals surface area contributed by atoms with Crippen LogP contribution in [0.2, 0.25) is 0 Å². The predicted molar refractivity (Wildman–Crippen MR) is 108 cm³/mol. The minimum absolute atomic E-state index is 0.323. The third-order valence-corrected chi connectivity index (χ3v) is 5.84. The topological polar surface area (TPSA) is 101 Å². The zero-order valence-corrected chi connectivity index (χ0v) is 16.1. The highest BCUT2D eigenvalue weighted by Gasteiger charge is 2.42. The zero-order chi connectivity index (χ0) is 20.9. The van der Waals surface area contributed by atoms with E-state index in [4.69, 9.17) is 14.6 Å². The molecule has 1 saturated heterocycles. The summed E-state index contributed by atoms with van der Waals surface area (Å²) in [5.74, 6) is -0.122. The fourth-order valence-electron chi connectivity index (χ4n) is 4.25. The van der Waals surface area contributed by atoms with Gasteiger partial charge in [0, 0.05) is 36.9 Å². The molecule has 1 fully saturated rings. The lowest BCUT2D eigenvalue weighted by Gasteiger charge is -2.43. The van der Waals surface area contributed by atoms with Gasteiger partial charge in [-0.1, -0.05) is 18.2 Å². The van der Waals surface area contributed by atoms with Crippen molar-refractivity contribution in [3.05, 3.63) is 54.1 Å². The first kappa shape index (κ1) is 18.5. The number of piperidine rings is 1. The van der Waals surface area contributed by atoms with Gasteiger partial charge in [-0.15, -0.1) is 0 Å². The number of fused-ring (bicyclic) bond motifs is 2. The van der Waals surface area contributed by atoms with Gasteiger partial charge in [-0.2, -0.15) is 0 Å². The third kappa shape index (κ3) is 2.96. The van der Waals surface area contributed by atoms with Crippen molar-refractivity contribution in [3.63, 3.8) is 0 Å². The Balaban J connectivity index is 1.46. The van der Waals surface area contributed by atoms with Crippen molar-refractivity contribution >= 4 is 23.1 Å². The Bertz CT molecular complexity index is 1160. The molecule has 5 rings (SSSR count). The summed E-state index contributed by atoms with van der Waals surface area (Å²) in [6.45, 7) is 1.05. The molecule has 0 aliphatic carbocycles. The fourth-order valence-corrected chi connectivity index (χ4v) is 4.25. The number of aromatic nitrogens is 1. The maximum Gasteiger partial charge on any atom is 0.416 e. The Morgan fingerprint density at radius 1 is 0.967 bits per heavy atom. The summed E-state index contributed by atoms with van der Waals surface area (Å²) in [5.41, 5.74) is 2.81. The summed E-state index contributed by atoms with van der Waals surface area (Å²) in [5, 5.41) is 19.7. The first-order chi connectivity index (χ1) is 14.5. The van der Waals surface area contributed by atoms with E-state index in [1.807, 2.05) is 42.5 Å². The second-order valence-corrected chi connectivity index (χ2v) is 7.60. The number of ether oxygens (including phenoxy) is 2. The lowest BCUT2D eigenvalue weighted by atomic mass is 10.0. The highest BCUT2D eigenvalue weighted by molar-refractivity contribution is 5.95. The highest BCUT2D eigenvalue weighted by Crippen LogP contribution is 2.39. The van der Waals surface area contributed by atoms with Gasteiger partial charge in [-0.25, -0.2) is 14.2 Å². The molecule has 30 heavy (non-hydrogen) atoms. The molecule has 8 nitrogen and oxygen atoms in total. The third-order valence-electron chi connectivity index (χ3n) is 5.84. The van der Waals surface area contributed by atoms with Crippen LogP contribution in [0, 0.1) is 0 Å². The number of likely N-dealkylation sites (tertiary alicyclic amines) is 1. The van der Waals surface area contributed by atoms with Crippen LogP contribution in [0.4, 0.5) is 9.59 Å². The molecule has 2 aliphatic rings. The van der Waals surface area contributed by atoms with E-state index in [-0.39, 0.29) is 0 Å². The van der Waals surface area contributed by atoms with Crippen molar-refractivity contribution in [2.24, 2.45) is 0 Å². The lowest BCUT2D eigenvalue weighted by Crippen LogP contribution is -2.52. The Kier molecular flexibility index (Phi) is 4.18. The molecule has 2 N–H and O–H groups in total. The molecule has 1 amide bonds. The van der Waals surface area contributed by atoms with Gasteiger partial charge in [0.05, 0.1) is 17.8 Å². The van der Waals surface area contributed by atoms with Crippen molar-refractivity contribution in [3.8, 4) is 17.0 Å². The number of rotatable bonds is 1. The number of hydrogen-bond donors (Lipinski definition) is 2. The first-order valence-corrected chi connectivity index (χ1v) is 9.74. The first-order valence-electron chi connectivity index (χ1n) is 9.74. The van der Waals surface area contributed by atoms with Crippen LogP contribution in [0.25, 0.3) is 22.2 Å². The highest BCUT2D eigenvalue weighted by atomic mass is 16.7. The van der Waals surface area contributed by atoms with Crippen molar-refractivity contribution in [1.29, 1.82) is 0 Å². The molecule has 3 aromatic rings. The van der Waals surface area contributed by atoms with Crippen LogP contribution in [0.5, 0.6) is 5.75 Å². The van der Waals surface area contributed by atoms with E-state index in [2.05, 4.69) is 0 Å². The Morgan fingerprint density at radius 3 is 2.47 bits per heavy atom. The molecule has 0 radical (unpaired) electrons. The van der Waals surface area contributed by atoms with Gasteiger partial charge < -0.3 is 24.6 Å². The number of nitrogens with zero attached hydrogens (tertiary/aromatic N) is 2. The van der Waals surface area contributed by atoms with Gasteiger partial charge in [0.25, 0.3) is 0 Å². The van der Waals surface area contributed by atoms with Gasteiger partial charge in [-0.3, -0.25) is 0 Å². The number of carboxylic acid groups (broad SMARTS) is 2. The molecule has 2 aliphatic heterocycles. The second kappa shape index (κ2) is 6.77. The van der Waals surface area contributed by atoms with E-state index in [1.165, 1.54) is 9.47 Å². The Hall–Kier alpha value is -3.52. The van der Waals surface area contributed by atoms with Crippen LogP contribution in [-0.2, 0) is 11.3 Å². The molecule has 2 aromatic carbocycles. The van der Waals surface area contributed by atoms with E-state index >= 15 is 0 Å². The summed E-state index contributed by atoms with van der Waals surface area (Å²) < 4.78 is 13.5. The molecular formula is C22H20N2O6. The molecule has 1 spiro atoms. The summed E-state index contributed by atoms with van der Waals surface area (Å²) in [6, 6.07) is 14.8. The van der Waals surface area contributed by atoms with Crippen LogP contribution in [0.3, 0.4) is 0 Å². The van der Waals surface area contributed by atoms with Crippen LogP contribution >= 0.6 is 0 Å². The number of hydrogen-bond acceptors (Lipinski definition) is 4. The maximum atomic E-state index is 11.9. The van der Waals surface area contributed by atoms with E-state index in [0.29, 0.717) is 49.5 Å². The van der Waals surface area contributed by atoms with E-state index in [0.717, 1.165) is 16.5 Å². The zero-order valence-electron chi connectivity index (χ0n) is 16.1. The van der Waals surface area contributed by atoms with Crippen molar-refractivity contribution in [2.45, 2.75) is 25.2 Å². The Morgan fingerprint density at radius 2 is 1.73 bits per heavy atom. The average molecular weight is 408 g/mol. The van der Waals surface area contributed by atoms with Crippen LogP contribution < -0.4 is 4.74 Å². The molecule has 154 valence electrons. The Labute approximate surface area is 171 Å². The van der Waals surface area contributed by atoms with E-state index < -0.39 is 18.0 Å². The maximum absolute atomic E-state index is 11.9. The summed E-state index contributed by atoms with van der Waals surface area (Å²) in [4.78, 5) is 24.4. The van der Waals surface area contributed by atoms with Crippen molar-refractivity contribution in [2.75, 3.05) is 13.1 Å². The summed E-state index contributed by atoms with van der Waals surface area (Å²) in [6.07, 6.45) is -1.04.